The number of ether oxygens (including phenoxy) is 1. The maximum atomic E-state index is 12.8. The summed E-state index contributed by atoms with van der Waals surface area (Å²) in [7, 11) is 0. The zero-order valence-corrected chi connectivity index (χ0v) is 11.0. The van der Waals surface area contributed by atoms with E-state index >= 15 is 0 Å². The fourth-order valence-corrected chi connectivity index (χ4v) is 1.68. The van der Waals surface area contributed by atoms with E-state index in [9.17, 15) is 18.8 Å². The molecule has 0 spiro atoms. The predicted octanol–water partition coefficient (Wildman–Crippen LogP) is 2.05. The molecule has 0 aliphatic carbocycles. The van der Waals surface area contributed by atoms with Crippen molar-refractivity contribution < 1.29 is 28.6 Å². The Hall–Kier alpha value is -2.24. The molecule has 0 saturated heterocycles. The van der Waals surface area contributed by atoms with Crippen molar-refractivity contribution in [2.75, 3.05) is 6.61 Å². The summed E-state index contributed by atoms with van der Waals surface area (Å²) in [5.41, 5.74) is 0.148. The Kier molecular flexibility index (Phi) is 5.83. The number of rotatable bonds is 7. The van der Waals surface area contributed by atoms with E-state index in [1.54, 1.807) is 6.92 Å². The Morgan fingerprint density at radius 3 is 2.35 bits per heavy atom. The highest BCUT2D eigenvalue weighted by Gasteiger charge is 2.29. The van der Waals surface area contributed by atoms with Gasteiger partial charge >= 0.3 is 11.9 Å². The molecule has 0 fully saturated rings. The number of carboxylic acids is 1. The van der Waals surface area contributed by atoms with Gasteiger partial charge in [0.05, 0.1) is 6.61 Å². The largest absolute Gasteiger partial charge is 0.481 e. The third-order valence-electron chi connectivity index (χ3n) is 2.66. The molecule has 108 valence electrons. The van der Waals surface area contributed by atoms with Crippen LogP contribution in [-0.2, 0) is 14.3 Å². The minimum absolute atomic E-state index is 0.0963. The topological polar surface area (TPSA) is 80.7 Å². The summed E-state index contributed by atoms with van der Waals surface area (Å²) < 4.78 is 17.6. The van der Waals surface area contributed by atoms with Crippen LogP contribution in [0.25, 0.3) is 0 Å². The number of carboxylic acid groups (broad SMARTS) is 1. The average Bonchev–Trinajstić information content (AvgIpc) is 2.39. The van der Waals surface area contributed by atoms with Gasteiger partial charge in [-0.3, -0.25) is 14.4 Å². The number of Topliss-reactive ketones (excluding diaryl/α,β-unsaturated/α-hetero) is 1. The quantitative estimate of drug-likeness (QED) is 0.470. The van der Waals surface area contributed by atoms with Crippen LogP contribution in [0.4, 0.5) is 4.39 Å². The minimum Gasteiger partial charge on any atom is -0.481 e. The van der Waals surface area contributed by atoms with Crippen LogP contribution in [0, 0.1) is 11.7 Å². The molecule has 0 radical (unpaired) electrons. The molecule has 0 aromatic heterocycles. The summed E-state index contributed by atoms with van der Waals surface area (Å²) >= 11 is 0. The first kappa shape index (κ1) is 15.8. The fraction of sp³-hybridized carbons (Fsp3) is 0.357. The number of ketones is 1. The predicted molar refractivity (Wildman–Crippen MR) is 67.7 cm³/mol. The maximum Gasteiger partial charge on any atom is 0.316 e. The smallest absolute Gasteiger partial charge is 0.316 e. The van der Waals surface area contributed by atoms with E-state index in [1.165, 1.54) is 12.1 Å². The lowest BCUT2D eigenvalue weighted by molar-refractivity contribution is -0.146. The molecule has 0 aliphatic rings. The molecule has 1 N–H and O–H groups in total. The zero-order chi connectivity index (χ0) is 15.1. The van der Waals surface area contributed by atoms with Crippen molar-refractivity contribution in [1.29, 1.82) is 0 Å². The van der Waals surface area contributed by atoms with Gasteiger partial charge in [0.2, 0.25) is 0 Å². The average molecular weight is 282 g/mol. The lowest BCUT2D eigenvalue weighted by Gasteiger charge is -2.13. The number of carbonyl (C=O) groups excluding carboxylic acids is 2. The maximum absolute atomic E-state index is 12.8. The van der Waals surface area contributed by atoms with Gasteiger partial charge in [-0.25, -0.2) is 4.39 Å². The molecule has 0 heterocycles. The molecule has 6 heteroatoms. The summed E-state index contributed by atoms with van der Waals surface area (Å²) in [6.07, 6.45) is -0.471. The first-order valence-electron chi connectivity index (χ1n) is 6.14. The Morgan fingerprint density at radius 2 is 1.85 bits per heavy atom. The highest BCUT2D eigenvalue weighted by Crippen LogP contribution is 2.17. The summed E-state index contributed by atoms with van der Waals surface area (Å²) in [4.78, 5) is 34.5. The Labute approximate surface area is 115 Å². The Bertz CT molecular complexity index is 495. The molecule has 20 heavy (non-hydrogen) atoms. The van der Waals surface area contributed by atoms with Crippen molar-refractivity contribution in [3.8, 4) is 0 Å². The van der Waals surface area contributed by atoms with Gasteiger partial charge in [0.15, 0.2) is 5.78 Å². The van der Waals surface area contributed by atoms with Crippen LogP contribution >= 0.6 is 0 Å². The van der Waals surface area contributed by atoms with Gasteiger partial charge in [-0.2, -0.15) is 0 Å². The van der Waals surface area contributed by atoms with Crippen LogP contribution in [0.15, 0.2) is 24.3 Å². The number of hydrogen-bond acceptors (Lipinski definition) is 4. The van der Waals surface area contributed by atoms with Crippen molar-refractivity contribution in [2.24, 2.45) is 5.92 Å². The van der Waals surface area contributed by atoms with Gasteiger partial charge in [0.25, 0.3) is 0 Å². The number of halogens is 1. The van der Waals surface area contributed by atoms with Gasteiger partial charge in [-0.05, 0) is 37.6 Å². The second kappa shape index (κ2) is 7.37. The third-order valence-corrected chi connectivity index (χ3v) is 2.66. The number of carbonyl (C=O) groups is 3. The fourth-order valence-electron chi connectivity index (χ4n) is 1.68. The van der Waals surface area contributed by atoms with Crippen LogP contribution in [0.5, 0.6) is 0 Å². The van der Waals surface area contributed by atoms with Crippen molar-refractivity contribution in [2.45, 2.75) is 19.8 Å². The van der Waals surface area contributed by atoms with E-state index in [0.717, 1.165) is 12.1 Å². The van der Waals surface area contributed by atoms with Crippen LogP contribution in [0.3, 0.4) is 0 Å². The molecule has 1 atom stereocenters. The molecular formula is C14H15FO5. The van der Waals surface area contributed by atoms with Gasteiger partial charge in [0, 0.05) is 12.0 Å². The van der Waals surface area contributed by atoms with E-state index in [-0.39, 0.29) is 25.0 Å². The van der Waals surface area contributed by atoms with Crippen LogP contribution in [-0.4, -0.2) is 29.4 Å². The molecule has 0 amide bonds. The van der Waals surface area contributed by atoms with Gasteiger partial charge in [-0.1, -0.05) is 0 Å². The van der Waals surface area contributed by atoms with Crippen molar-refractivity contribution in [3.63, 3.8) is 0 Å². The molecule has 0 saturated carbocycles. The Morgan fingerprint density at radius 1 is 1.25 bits per heavy atom. The number of benzene rings is 1. The van der Waals surface area contributed by atoms with E-state index in [2.05, 4.69) is 0 Å². The molecule has 5 nitrogen and oxygen atoms in total. The number of esters is 1. The highest BCUT2D eigenvalue weighted by atomic mass is 19.1. The molecule has 1 unspecified atom stereocenters. The molecule has 1 rings (SSSR count). The van der Waals surface area contributed by atoms with Crippen molar-refractivity contribution in [1.82, 2.24) is 0 Å². The Balaban J connectivity index is 2.90. The molecule has 1 aromatic carbocycles. The van der Waals surface area contributed by atoms with Crippen LogP contribution in [0.2, 0.25) is 0 Å². The SMILES string of the molecule is CCOC(=O)C(CCC(=O)O)C(=O)c1ccc(F)cc1. The third kappa shape index (κ3) is 4.46. The van der Waals surface area contributed by atoms with Crippen molar-refractivity contribution >= 4 is 17.7 Å². The second-order valence-corrected chi connectivity index (χ2v) is 4.11. The summed E-state index contributed by atoms with van der Waals surface area (Å²) in [5, 5.41) is 8.65. The van der Waals surface area contributed by atoms with Crippen molar-refractivity contribution in [3.05, 3.63) is 35.6 Å². The van der Waals surface area contributed by atoms with E-state index in [4.69, 9.17) is 9.84 Å². The lowest BCUT2D eigenvalue weighted by Crippen LogP contribution is -2.27. The van der Waals surface area contributed by atoms with Gasteiger partial charge in [0.1, 0.15) is 11.7 Å². The number of aliphatic carboxylic acids is 1. The zero-order valence-electron chi connectivity index (χ0n) is 11.0. The molecule has 1 aromatic rings. The first-order valence-corrected chi connectivity index (χ1v) is 6.14. The van der Waals surface area contributed by atoms with E-state index < -0.39 is 29.5 Å². The lowest BCUT2D eigenvalue weighted by atomic mass is 9.93. The summed E-state index contributed by atoms with van der Waals surface area (Å²) in [6.45, 7) is 1.69. The van der Waals surface area contributed by atoms with Crippen LogP contribution < -0.4 is 0 Å². The minimum atomic E-state index is -1.18. The molecular weight excluding hydrogens is 267 g/mol. The number of hydrogen-bond donors (Lipinski definition) is 1. The first-order chi connectivity index (χ1) is 9.45. The van der Waals surface area contributed by atoms with Crippen LogP contribution in [0.1, 0.15) is 30.1 Å². The van der Waals surface area contributed by atoms with E-state index in [1.807, 2.05) is 0 Å². The monoisotopic (exact) mass is 282 g/mol. The second-order valence-electron chi connectivity index (χ2n) is 4.11. The summed E-state index contributed by atoms with van der Waals surface area (Å²) in [6, 6.07) is 4.72. The van der Waals surface area contributed by atoms with Gasteiger partial charge < -0.3 is 9.84 Å². The van der Waals surface area contributed by atoms with Gasteiger partial charge in [-0.15, -0.1) is 0 Å². The summed E-state index contributed by atoms with van der Waals surface area (Å²) in [5.74, 6) is -4.12. The highest BCUT2D eigenvalue weighted by molar-refractivity contribution is 6.08. The molecule has 0 bridgehead atoms. The normalized spacial score (nSPS) is 11.7. The molecule has 0 aliphatic heterocycles. The standard InChI is InChI=1S/C14H15FO5/c1-2-20-14(19)11(7-8-12(16)17)13(18)9-3-5-10(15)6-4-9/h3-6,11H,2,7-8H2,1H3,(H,16,17). The van der Waals surface area contributed by atoms with E-state index in [0.29, 0.717) is 0 Å².